The largest absolute Gasteiger partial charge is 0.481 e. The fraction of sp³-hybridized carbons (Fsp3) is 0.348. The zero-order valence-electron chi connectivity index (χ0n) is 17.8. The number of amides is 2. The van der Waals surface area contributed by atoms with Crippen LogP contribution >= 0.6 is 11.6 Å². The Morgan fingerprint density at radius 3 is 2.74 bits per heavy atom. The number of ketones is 1. The van der Waals surface area contributed by atoms with Crippen LogP contribution in [0.3, 0.4) is 0 Å². The van der Waals surface area contributed by atoms with Crippen molar-refractivity contribution in [1.82, 2.24) is 15.2 Å². The van der Waals surface area contributed by atoms with Crippen molar-refractivity contribution in [3.63, 3.8) is 0 Å². The van der Waals surface area contributed by atoms with Crippen molar-refractivity contribution in [3.8, 4) is 5.88 Å². The lowest BCUT2D eigenvalue weighted by atomic mass is 10.0. The molecule has 1 aliphatic rings. The van der Waals surface area contributed by atoms with Crippen molar-refractivity contribution in [2.45, 2.75) is 25.9 Å². The number of urea groups is 1. The molecule has 2 aromatic rings. The molecule has 2 unspecified atom stereocenters. The Balaban J connectivity index is 1.89. The Kier molecular flexibility index (Phi) is 7.65. The van der Waals surface area contributed by atoms with Crippen LogP contribution in [-0.4, -0.2) is 54.6 Å². The van der Waals surface area contributed by atoms with Crippen LogP contribution < -0.4 is 10.1 Å². The predicted molar refractivity (Wildman–Crippen MR) is 120 cm³/mol. The van der Waals surface area contributed by atoms with E-state index in [2.05, 4.69) is 10.3 Å². The molecule has 0 saturated carbocycles. The molecule has 1 aromatic heterocycles. The highest BCUT2D eigenvalue weighted by atomic mass is 35.5. The average molecular weight is 444 g/mol. The molecule has 3 rings (SSSR count). The lowest BCUT2D eigenvalue weighted by Crippen LogP contribution is -2.46. The standard InChI is InChI=1S/C23H26ClN3O4/c1-4-31-12-11-27(23(29)26-16-9-10-21(28)20(24)13-16)15(2)19-14-25-22(30-3)18-8-6-5-7-17(18)19/h5-10,13-16H,4,11-12H2,1-3H3,(H,26,29). The van der Waals surface area contributed by atoms with Gasteiger partial charge in [0, 0.05) is 30.3 Å². The van der Waals surface area contributed by atoms with Gasteiger partial charge in [-0.3, -0.25) is 4.79 Å². The van der Waals surface area contributed by atoms with Gasteiger partial charge in [-0.2, -0.15) is 0 Å². The number of fused-ring (bicyclic) bond motifs is 1. The van der Waals surface area contributed by atoms with E-state index in [1.54, 1.807) is 24.3 Å². The molecule has 1 heterocycles. The first-order valence-electron chi connectivity index (χ1n) is 10.1. The highest BCUT2D eigenvalue weighted by Gasteiger charge is 2.26. The van der Waals surface area contributed by atoms with E-state index >= 15 is 0 Å². The molecule has 164 valence electrons. The smallest absolute Gasteiger partial charge is 0.318 e. The van der Waals surface area contributed by atoms with E-state index in [1.807, 2.05) is 38.1 Å². The Morgan fingerprint density at radius 2 is 2.06 bits per heavy atom. The van der Waals surface area contributed by atoms with Gasteiger partial charge in [-0.1, -0.05) is 35.9 Å². The quantitative estimate of drug-likeness (QED) is 0.624. The second-order valence-electron chi connectivity index (χ2n) is 7.05. The van der Waals surface area contributed by atoms with Crippen LogP contribution in [0.15, 0.2) is 53.7 Å². The minimum atomic E-state index is -0.467. The van der Waals surface area contributed by atoms with Gasteiger partial charge in [-0.25, -0.2) is 9.78 Å². The van der Waals surface area contributed by atoms with Crippen LogP contribution in [0.5, 0.6) is 5.88 Å². The van der Waals surface area contributed by atoms with Gasteiger partial charge in [0.25, 0.3) is 0 Å². The second kappa shape index (κ2) is 10.4. The molecule has 0 radical (unpaired) electrons. The Bertz CT molecular complexity index is 1020. The summed E-state index contributed by atoms with van der Waals surface area (Å²) in [5, 5.41) is 4.83. The SMILES string of the molecule is CCOCCN(C(=O)NC1C=CC(=O)C(Cl)=C1)C(C)c1cnc(OC)c2ccccc12. The zero-order chi connectivity index (χ0) is 22.4. The second-order valence-corrected chi connectivity index (χ2v) is 7.46. The third-order valence-corrected chi connectivity index (χ3v) is 5.46. The van der Waals surface area contributed by atoms with Crippen molar-refractivity contribution in [2.24, 2.45) is 0 Å². The normalized spacial score (nSPS) is 16.7. The van der Waals surface area contributed by atoms with Crippen LogP contribution in [-0.2, 0) is 9.53 Å². The van der Waals surface area contributed by atoms with Crippen molar-refractivity contribution in [3.05, 3.63) is 59.3 Å². The van der Waals surface area contributed by atoms with Gasteiger partial charge in [0.15, 0.2) is 5.78 Å². The molecule has 7 nitrogen and oxygen atoms in total. The van der Waals surface area contributed by atoms with E-state index < -0.39 is 6.04 Å². The van der Waals surface area contributed by atoms with Crippen molar-refractivity contribution >= 4 is 34.2 Å². The molecular weight excluding hydrogens is 418 g/mol. The molecule has 0 fully saturated rings. The number of nitrogens with one attached hydrogen (secondary N) is 1. The van der Waals surface area contributed by atoms with Crippen molar-refractivity contribution in [2.75, 3.05) is 26.9 Å². The molecule has 8 heteroatoms. The summed E-state index contributed by atoms with van der Waals surface area (Å²) in [7, 11) is 1.58. The molecule has 1 N–H and O–H groups in total. The molecule has 0 spiro atoms. The minimum Gasteiger partial charge on any atom is -0.481 e. The van der Waals surface area contributed by atoms with E-state index in [4.69, 9.17) is 21.1 Å². The zero-order valence-corrected chi connectivity index (χ0v) is 18.6. The van der Waals surface area contributed by atoms with Crippen LogP contribution in [0, 0.1) is 0 Å². The fourth-order valence-corrected chi connectivity index (χ4v) is 3.71. The monoisotopic (exact) mass is 443 g/mol. The molecule has 0 bridgehead atoms. The number of rotatable bonds is 8. The number of carbonyl (C=O) groups excluding carboxylic acids is 2. The summed E-state index contributed by atoms with van der Waals surface area (Å²) in [6, 6.07) is 6.74. The van der Waals surface area contributed by atoms with Crippen LogP contribution in [0.4, 0.5) is 4.79 Å². The van der Waals surface area contributed by atoms with Gasteiger partial charge in [-0.05, 0) is 37.5 Å². The summed E-state index contributed by atoms with van der Waals surface area (Å²) in [6.07, 6.45) is 6.24. The number of nitrogens with zero attached hydrogens (tertiary/aromatic N) is 2. The minimum absolute atomic E-state index is 0.0899. The first-order chi connectivity index (χ1) is 15.0. The van der Waals surface area contributed by atoms with E-state index in [-0.39, 0.29) is 22.9 Å². The third kappa shape index (κ3) is 5.24. The van der Waals surface area contributed by atoms with E-state index in [0.717, 1.165) is 16.3 Å². The molecule has 2 amide bonds. The summed E-state index contributed by atoms with van der Waals surface area (Å²) >= 11 is 5.93. The Morgan fingerprint density at radius 1 is 1.32 bits per heavy atom. The average Bonchev–Trinajstić information content (AvgIpc) is 2.78. The summed E-state index contributed by atoms with van der Waals surface area (Å²) in [5.74, 6) is 0.262. The number of ether oxygens (including phenoxy) is 2. The van der Waals surface area contributed by atoms with Gasteiger partial charge in [-0.15, -0.1) is 0 Å². The van der Waals surface area contributed by atoms with Gasteiger partial charge in [0.1, 0.15) is 0 Å². The lowest BCUT2D eigenvalue weighted by molar-refractivity contribution is -0.110. The number of aromatic nitrogens is 1. The van der Waals surface area contributed by atoms with Crippen molar-refractivity contribution in [1.29, 1.82) is 0 Å². The predicted octanol–water partition coefficient (Wildman–Crippen LogP) is 3.98. The number of hydrogen-bond donors (Lipinski definition) is 1. The maximum atomic E-state index is 13.2. The maximum absolute atomic E-state index is 13.2. The highest BCUT2D eigenvalue weighted by Crippen LogP contribution is 2.32. The number of pyridine rings is 1. The Labute approximate surface area is 186 Å². The number of benzene rings is 1. The molecule has 0 aliphatic heterocycles. The molecule has 1 aromatic carbocycles. The number of halogens is 1. The van der Waals surface area contributed by atoms with Crippen molar-refractivity contribution < 1.29 is 19.1 Å². The van der Waals surface area contributed by atoms with Gasteiger partial charge >= 0.3 is 6.03 Å². The topological polar surface area (TPSA) is 80.8 Å². The van der Waals surface area contributed by atoms with Crippen LogP contribution in [0.25, 0.3) is 10.8 Å². The first kappa shape index (κ1) is 22.8. The summed E-state index contributed by atoms with van der Waals surface area (Å²) in [6.45, 7) is 5.19. The number of allylic oxidation sites excluding steroid dienone is 2. The summed E-state index contributed by atoms with van der Waals surface area (Å²) in [4.78, 5) is 30.9. The van der Waals surface area contributed by atoms with E-state index in [9.17, 15) is 9.59 Å². The molecule has 0 saturated heterocycles. The lowest BCUT2D eigenvalue weighted by Gasteiger charge is -2.31. The third-order valence-electron chi connectivity index (χ3n) is 5.15. The van der Waals surface area contributed by atoms with Gasteiger partial charge in [0.05, 0.1) is 30.8 Å². The number of carbonyl (C=O) groups is 2. The molecule has 31 heavy (non-hydrogen) atoms. The Hall–Kier alpha value is -2.90. The van der Waals surface area contributed by atoms with Crippen LogP contribution in [0.2, 0.25) is 0 Å². The van der Waals surface area contributed by atoms with Gasteiger partial charge < -0.3 is 19.7 Å². The van der Waals surface area contributed by atoms with Crippen LogP contribution in [0.1, 0.15) is 25.5 Å². The van der Waals surface area contributed by atoms with Gasteiger partial charge in [0.2, 0.25) is 5.88 Å². The number of methoxy groups -OCH3 is 1. The van der Waals surface area contributed by atoms with E-state index in [1.165, 1.54) is 12.2 Å². The number of hydrogen-bond acceptors (Lipinski definition) is 5. The molecule has 1 aliphatic carbocycles. The molecular formula is C23H26ClN3O4. The summed E-state index contributed by atoms with van der Waals surface area (Å²) in [5.41, 5.74) is 0.894. The molecule has 2 atom stereocenters. The first-order valence-corrected chi connectivity index (χ1v) is 10.5. The fourth-order valence-electron chi connectivity index (χ4n) is 3.51. The maximum Gasteiger partial charge on any atom is 0.318 e. The highest BCUT2D eigenvalue weighted by molar-refractivity contribution is 6.44. The van der Waals surface area contributed by atoms with E-state index in [0.29, 0.717) is 25.6 Å². The summed E-state index contributed by atoms with van der Waals surface area (Å²) < 4.78 is 10.9.